The maximum absolute atomic E-state index is 10.9. The van der Waals surface area contributed by atoms with Gasteiger partial charge < -0.3 is 11.5 Å². The first-order valence-corrected chi connectivity index (χ1v) is 5.71. The first-order chi connectivity index (χ1) is 6.36. The van der Waals surface area contributed by atoms with Crippen LogP contribution >= 0.6 is 10.7 Å². The molecule has 7 heteroatoms. The van der Waals surface area contributed by atoms with Gasteiger partial charge in [-0.05, 0) is 12.1 Å². The van der Waals surface area contributed by atoms with Gasteiger partial charge >= 0.3 is 0 Å². The molecule has 1 rings (SSSR count). The van der Waals surface area contributed by atoms with E-state index in [1.165, 1.54) is 0 Å². The third-order valence-corrected chi connectivity index (χ3v) is 2.90. The Morgan fingerprint density at radius 3 is 2.00 bits per heavy atom. The van der Waals surface area contributed by atoms with Crippen molar-refractivity contribution in [3.63, 3.8) is 0 Å². The first-order valence-electron chi connectivity index (χ1n) is 3.40. The van der Waals surface area contributed by atoms with Gasteiger partial charge in [0.2, 0.25) is 0 Å². The summed E-state index contributed by atoms with van der Waals surface area (Å²) in [4.78, 5) is -0.215. The van der Waals surface area contributed by atoms with Crippen LogP contribution in [0.5, 0.6) is 0 Å². The molecule has 0 saturated heterocycles. The summed E-state index contributed by atoms with van der Waals surface area (Å²) in [5.41, 5.74) is 10.8. The molecular formula is C7H6ClN3O2S. The molecule has 5 nitrogen and oxygen atoms in total. The summed E-state index contributed by atoms with van der Waals surface area (Å²) in [6.45, 7) is 0. The second kappa shape index (κ2) is 3.36. The molecule has 1 aromatic rings. The smallest absolute Gasteiger partial charge is 0.261 e. The van der Waals surface area contributed by atoms with Crippen LogP contribution in [-0.2, 0) is 9.05 Å². The number of rotatable bonds is 1. The van der Waals surface area contributed by atoms with Crippen molar-refractivity contribution < 1.29 is 8.42 Å². The third-order valence-electron chi connectivity index (χ3n) is 1.57. The SMILES string of the molecule is N#Cc1c(N)cc(S(=O)(=O)Cl)cc1N. The molecule has 1 aromatic carbocycles. The fourth-order valence-electron chi connectivity index (χ4n) is 0.929. The number of nitrogen functional groups attached to an aromatic ring is 2. The standard InChI is InChI=1S/C7H6ClN3O2S/c8-14(12,13)4-1-6(10)5(3-9)7(11)2-4/h1-2H,10-11H2. The minimum absolute atomic E-state index is 0.00766. The summed E-state index contributed by atoms with van der Waals surface area (Å²) in [5, 5.41) is 8.60. The number of nitrogens with two attached hydrogens (primary N) is 2. The van der Waals surface area contributed by atoms with E-state index in [0.29, 0.717) is 0 Å². The van der Waals surface area contributed by atoms with Crippen molar-refractivity contribution in [1.82, 2.24) is 0 Å². The molecule has 0 radical (unpaired) electrons. The topological polar surface area (TPSA) is 110 Å². The van der Waals surface area contributed by atoms with Crippen LogP contribution in [0.25, 0.3) is 0 Å². The summed E-state index contributed by atoms with van der Waals surface area (Å²) >= 11 is 0. The predicted octanol–water partition coefficient (Wildman–Crippen LogP) is 0.650. The first kappa shape index (κ1) is 10.6. The molecule has 0 aromatic heterocycles. The molecule has 0 aliphatic heterocycles. The zero-order valence-corrected chi connectivity index (χ0v) is 8.43. The van der Waals surface area contributed by atoms with Gasteiger partial charge in [0.15, 0.2) is 0 Å². The van der Waals surface area contributed by atoms with E-state index < -0.39 is 9.05 Å². The molecule has 0 atom stereocenters. The molecule has 0 bridgehead atoms. The Morgan fingerprint density at radius 1 is 1.29 bits per heavy atom. The van der Waals surface area contributed by atoms with Crippen molar-refractivity contribution in [3.8, 4) is 6.07 Å². The summed E-state index contributed by atoms with van der Waals surface area (Å²) in [6.07, 6.45) is 0. The quantitative estimate of drug-likeness (QED) is 0.545. The summed E-state index contributed by atoms with van der Waals surface area (Å²) < 4.78 is 21.8. The molecule has 0 amide bonds. The van der Waals surface area contributed by atoms with Crippen molar-refractivity contribution in [2.45, 2.75) is 4.90 Å². The molecule has 0 fully saturated rings. The second-order valence-electron chi connectivity index (χ2n) is 2.53. The number of anilines is 2. The van der Waals surface area contributed by atoms with Crippen molar-refractivity contribution in [3.05, 3.63) is 17.7 Å². The van der Waals surface area contributed by atoms with E-state index in [4.69, 9.17) is 27.4 Å². The van der Waals surface area contributed by atoms with Crippen molar-refractivity contribution >= 4 is 31.1 Å². The van der Waals surface area contributed by atoms with E-state index in [-0.39, 0.29) is 21.8 Å². The Kier molecular flexibility index (Phi) is 2.55. The number of nitriles is 1. The van der Waals surface area contributed by atoms with Crippen LogP contribution in [0.4, 0.5) is 11.4 Å². The Balaban J connectivity index is 3.53. The van der Waals surface area contributed by atoms with Gasteiger partial charge in [0.1, 0.15) is 6.07 Å². The van der Waals surface area contributed by atoms with E-state index in [1.54, 1.807) is 6.07 Å². The molecule has 0 heterocycles. The van der Waals surface area contributed by atoms with Crippen LogP contribution in [0.3, 0.4) is 0 Å². The number of nitrogens with zero attached hydrogens (tertiary/aromatic N) is 1. The Morgan fingerprint density at radius 2 is 1.71 bits per heavy atom. The maximum atomic E-state index is 10.9. The number of halogens is 1. The normalized spacial score (nSPS) is 10.9. The zero-order chi connectivity index (χ0) is 10.9. The van der Waals surface area contributed by atoms with Gasteiger partial charge in [-0.1, -0.05) is 0 Å². The average Bonchev–Trinajstić information content (AvgIpc) is 2.01. The molecule has 0 spiro atoms. The van der Waals surface area contributed by atoms with Gasteiger partial charge in [0.05, 0.1) is 21.8 Å². The largest absolute Gasteiger partial charge is 0.398 e. The van der Waals surface area contributed by atoms with Gasteiger partial charge in [-0.3, -0.25) is 0 Å². The predicted molar refractivity (Wildman–Crippen MR) is 53.0 cm³/mol. The van der Waals surface area contributed by atoms with E-state index in [1.807, 2.05) is 0 Å². The van der Waals surface area contributed by atoms with Gasteiger partial charge in [-0.15, -0.1) is 0 Å². The molecule has 4 N–H and O–H groups in total. The van der Waals surface area contributed by atoms with Crippen molar-refractivity contribution in [2.24, 2.45) is 0 Å². The average molecular weight is 232 g/mol. The summed E-state index contributed by atoms with van der Waals surface area (Å²) in [6, 6.07) is 3.94. The van der Waals surface area contributed by atoms with Crippen LogP contribution < -0.4 is 11.5 Å². The minimum Gasteiger partial charge on any atom is -0.398 e. The van der Waals surface area contributed by atoms with Gasteiger partial charge in [-0.2, -0.15) is 5.26 Å². The van der Waals surface area contributed by atoms with Crippen LogP contribution in [0.1, 0.15) is 5.56 Å². The van der Waals surface area contributed by atoms with Gasteiger partial charge in [-0.25, -0.2) is 8.42 Å². The molecule has 74 valence electrons. The highest BCUT2D eigenvalue weighted by Crippen LogP contribution is 2.25. The maximum Gasteiger partial charge on any atom is 0.261 e. The fourth-order valence-corrected chi connectivity index (χ4v) is 1.73. The van der Waals surface area contributed by atoms with Crippen molar-refractivity contribution in [1.29, 1.82) is 5.26 Å². The lowest BCUT2D eigenvalue weighted by atomic mass is 10.1. The van der Waals surface area contributed by atoms with Crippen LogP contribution in [-0.4, -0.2) is 8.42 Å². The third kappa shape index (κ3) is 1.89. The molecule has 0 aliphatic rings. The highest BCUT2D eigenvalue weighted by atomic mass is 35.7. The van der Waals surface area contributed by atoms with Gasteiger partial charge in [0, 0.05) is 10.7 Å². The molecule has 0 saturated carbocycles. The minimum atomic E-state index is -3.87. The Labute approximate surface area is 85.3 Å². The summed E-state index contributed by atoms with van der Waals surface area (Å²) in [5.74, 6) is 0. The fraction of sp³-hybridized carbons (Fsp3) is 0. The highest BCUT2D eigenvalue weighted by Gasteiger charge is 2.14. The molecule has 0 unspecified atom stereocenters. The lowest BCUT2D eigenvalue weighted by Gasteiger charge is -2.03. The van der Waals surface area contributed by atoms with E-state index >= 15 is 0 Å². The zero-order valence-electron chi connectivity index (χ0n) is 6.86. The van der Waals surface area contributed by atoms with Crippen molar-refractivity contribution in [2.75, 3.05) is 11.5 Å². The number of hydrogen-bond acceptors (Lipinski definition) is 5. The monoisotopic (exact) mass is 231 g/mol. The number of benzene rings is 1. The Hall–Kier alpha value is -1.45. The van der Waals surface area contributed by atoms with E-state index in [0.717, 1.165) is 12.1 Å². The molecule has 0 aliphatic carbocycles. The van der Waals surface area contributed by atoms with Crippen LogP contribution in [0, 0.1) is 11.3 Å². The van der Waals surface area contributed by atoms with Crippen LogP contribution in [0.2, 0.25) is 0 Å². The highest BCUT2D eigenvalue weighted by molar-refractivity contribution is 8.13. The van der Waals surface area contributed by atoms with Gasteiger partial charge in [0.25, 0.3) is 9.05 Å². The second-order valence-corrected chi connectivity index (χ2v) is 5.09. The van der Waals surface area contributed by atoms with E-state index in [2.05, 4.69) is 0 Å². The van der Waals surface area contributed by atoms with E-state index in [9.17, 15) is 8.42 Å². The van der Waals surface area contributed by atoms with Crippen LogP contribution in [0.15, 0.2) is 17.0 Å². The Bertz CT molecular complexity index is 495. The number of hydrogen-bond donors (Lipinski definition) is 2. The lowest BCUT2D eigenvalue weighted by molar-refractivity contribution is 0.609. The molecule has 14 heavy (non-hydrogen) atoms. The lowest BCUT2D eigenvalue weighted by Crippen LogP contribution is -2.01. The molecular weight excluding hydrogens is 226 g/mol. The summed E-state index contributed by atoms with van der Waals surface area (Å²) in [7, 11) is 1.21.